The topological polar surface area (TPSA) is 65.7 Å². The van der Waals surface area contributed by atoms with Crippen LogP contribution in [0.25, 0.3) is 32.3 Å². The Hall–Kier alpha value is -2.88. The van der Waals surface area contributed by atoms with E-state index in [1.54, 1.807) is 6.07 Å². The van der Waals surface area contributed by atoms with E-state index in [0.717, 1.165) is 21.5 Å². The van der Waals surface area contributed by atoms with Crippen molar-refractivity contribution in [1.82, 2.24) is 10.2 Å². The predicted molar refractivity (Wildman–Crippen MR) is 80.2 cm³/mol. The van der Waals surface area contributed by atoms with Crippen molar-refractivity contribution in [3.63, 3.8) is 0 Å². The van der Waals surface area contributed by atoms with Gasteiger partial charge in [0.25, 0.3) is 11.1 Å². The van der Waals surface area contributed by atoms with E-state index in [4.69, 9.17) is 0 Å². The Bertz CT molecular complexity index is 1090. The minimum atomic E-state index is -0.283. The fourth-order valence-electron chi connectivity index (χ4n) is 2.69. The number of H-pyrrole nitrogens is 2. The maximum absolute atomic E-state index is 12.1. The first kappa shape index (κ1) is 11.0. The summed E-state index contributed by atoms with van der Waals surface area (Å²) < 4.78 is 0. The van der Waals surface area contributed by atoms with Gasteiger partial charge in [0, 0.05) is 0 Å². The van der Waals surface area contributed by atoms with Crippen molar-refractivity contribution in [1.29, 1.82) is 0 Å². The molecule has 4 heteroatoms. The smallest absolute Gasteiger partial charge is 0.267 e. The maximum Gasteiger partial charge on any atom is 0.271 e. The number of fused-ring (bicyclic) bond motifs is 4. The number of aromatic nitrogens is 2. The van der Waals surface area contributed by atoms with Gasteiger partial charge in [-0.25, -0.2) is 0 Å². The third-order valence-electron chi connectivity index (χ3n) is 3.65. The second-order valence-corrected chi connectivity index (χ2v) is 4.82. The van der Waals surface area contributed by atoms with Crippen LogP contribution < -0.4 is 11.1 Å². The van der Waals surface area contributed by atoms with Crippen LogP contribution in [0.5, 0.6) is 0 Å². The molecule has 0 aliphatic rings. The van der Waals surface area contributed by atoms with E-state index in [9.17, 15) is 9.59 Å². The highest BCUT2D eigenvalue weighted by Gasteiger charge is 2.08. The molecule has 2 N–H and O–H groups in total. The van der Waals surface area contributed by atoms with Gasteiger partial charge < -0.3 is 0 Å². The highest BCUT2D eigenvalue weighted by Crippen LogP contribution is 2.26. The summed E-state index contributed by atoms with van der Waals surface area (Å²) in [7, 11) is 0. The molecule has 4 nitrogen and oxygen atoms in total. The van der Waals surface area contributed by atoms with Crippen LogP contribution in [0.15, 0.2) is 58.1 Å². The first-order valence-electron chi connectivity index (χ1n) is 6.30. The molecule has 0 spiro atoms. The third kappa shape index (κ3) is 1.42. The zero-order valence-corrected chi connectivity index (χ0v) is 10.4. The summed E-state index contributed by atoms with van der Waals surface area (Å²) >= 11 is 0. The molecule has 0 atom stereocenters. The molecule has 96 valence electrons. The van der Waals surface area contributed by atoms with Gasteiger partial charge in [0.05, 0.1) is 10.8 Å². The molecule has 20 heavy (non-hydrogen) atoms. The molecular weight excluding hydrogens is 252 g/mol. The van der Waals surface area contributed by atoms with Crippen LogP contribution in [0.1, 0.15) is 0 Å². The highest BCUT2D eigenvalue weighted by atomic mass is 16.1. The molecule has 1 heterocycles. The number of hydrogen-bond donors (Lipinski definition) is 2. The standard InChI is InChI=1S/C16H10N2O2/c19-15-12-6-5-11-7-9-3-1-2-4-10(9)8-13(11)14(12)16(20)18-17-15/h1-8H,(H,17,19)(H,18,20). The van der Waals surface area contributed by atoms with E-state index in [2.05, 4.69) is 10.2 Å². The second-order valence-electron chi connectivity index (χ2n) is 4.82. The summed E-state index contributed by atoms with van der Waals surface area (Å²) in [5.41, 5.74) is -0.560. The van der Waals surface area contributed by atoms with Crippen LogP contribution in [0.4, 0.5) is 0 Å². The lowest BCUT2D eigenvalue weighted by molar-refractivity contribution is 0.978. The van der Waals surface area contributed by atoms with E-state index < -0.39 is 0 Å². The lowest BCUT2D eigenvalue weighted by Crippen LogP contribution is -2.19. The van der Waals surface area contributed by atoms with Crippen molar-refractivity contribution in [2.24, 2.45) is 0 Å². The predicted octanol–water partition coefficient (Wildman–Crippen LogP) is 2.52. The van der Waals surface area contributed by atoms with Crippen molar-refractivity contribution >= 4 is 32.3 Å². The molecule has 0 bridgehead atoms. The lowest BCUT2D eigenvalue weighted by Gasteiger charge is -2.05. The summed E-state index contributed by atoms with van der Waals surface area (Å²) in [5, 5.41) is 9.51. The fraction of sp³-hybridized carbons (Fsp3) is 0. The average molecular weight is 262 g/mol. The minimum Gasteiger partial charge on any atom is -0.267 e. The summed E-state index contributed by atoms with van der Waals surface area (Å²) in [4.78, 5) is 23.9. The Morgan fingerprint density at radius 1 is 0.650 bits per heavy atom. The number of hydrogen-bond acceptors (Lipinski definition) is 2. The fourth-order valence-corrected chi connectivity index (χ4v) is 2.69. The molecule has 0 saturated heterocycles. The molecule has 4 aromatic rings. The van der Waals surface area contributed by atoms with E-state index in [1.165, 1.54) is 0 Å². The molecule has 0 amide bonds. The maximum atomic E-state index is 12.1. The van der Waals surface area contributed by atoms with Gasteiger partial charge in [0.1, 0.15) is 0 Å². The van der Waals surface area contributed by atoms with Crippen LogP contribution in [0, 0.1) is 0 Å². The summed E-state index contributed by atoms with van der Waals surface area (Å²) in [6, 6.07) is 15.5. The molecular formula is C16H10N2O2. The molecule has 0 aliphatic heterocycles. The van der Waals surface area contributed by atoms with E-state index >= 15 is 0 Å². The minimum absolute atomic E-state index is 0.277. The average Bonchev–Trinajstić information content (AvgIpc) is 2.48. The van der Waals surface area contributed by atoms with Crippen molar-refractivity contribution < 1.29 is 0 Å². The number of rotatable bonds is 0. The van der Waals surface area contributed by atoms with Gasteiger partial charge in [-0.15, -0.1) is 0 Å². The second kappa shape index (κ2) is 3.81. The SMILES string of the molecule is O=c1[nH][nH]c(=O)c2c1ccc1cc3ccccc3cc12. The first-order chi connectivity index (χ1) is 9.74. The molecule has 0 radical (unpaired) electrons. The van der Waals surface area contributed by atoms with E-state index in [0.29, 0.717) is 10.8 Å². The van der Waals surface area contributed by atoms with E-state index in [1.807, 2.05) is 42.5 Å². The van der Waals surface area contributed by atoms with Gasteiger partial charge in [-0.1, -0.05) is 30.3 Å². The molecule has 3 aromatic carbocycles. The Morgan fingerprint density at radius 2 is 1.35 bits per heavy atom. The third-order valence-corrected chi connectivity index (χ3v) is 3.65. The van der Waals surface area contributed by atoms with Gasteiger partial charge in [0.15, 0.2) is 0 Å². The van der Waals surface area contributed by atoms with Crippen molar-refractivity contribution in [2.75, 3.05) is 0 Å². The van der Waals surface area contributed by atoms with Crippen LogP contribution in [-0.2, 0) is 0 Å². The summed E-state index contributed by atoms with van der Waals surface area (Å²) in [5.74, 6) is 0. The number of benzene rings is 3. The molecule has 0 unspecified atom stereocenters. The van der Waals surface area contributed by atoms with Gasteiger partial charge in [-0.05, 0) is 39.7 Å². The molecule has 0 fully saturated rings. The summed E-state index contributed by atoms with van der Waals surface area (Å²) in [6.45, 7) is 0. The van der Waals surface area contributed by atoms with Crippen molar-refractivity contribution in [2.45, 2.75) is 0 Å². The molecule has 0 saturated carbocycles. The van der Waals surface area contributed by atoms with Crippen molar-refractivity contribution in [3.05, 3.63) is 69.2 Å². The van der Waals surface area contributed by atoms with Gasteiger partial charge in [0.2, 0.25) is 0 Å². The van der Waals surface area contributed by atoms with Crippen LogP contribution in [-0.4, -0.2) is 10.2 Å². The van der Waals surface area contributed by atoms with Crippen LogP contribution >= 0.6 is 0 Å². The lowest BCUT2D eigenvalue weighted by atomic mass is 10.00. The normalized spacial score (nSPS) is 11.4. The highest BCUT2D eigenvalue weighted by molar-refractivity contribution is 6.11. The molecule has 1 aromatic heterocycles. The Balaban J connectivity index is 2.36. The Morgan fingerprint density at radius 3 is 2.15 bits per heavy atom. The van der Waals surface area contributed by atoms with E-state index in [-0.39, 0.29) is 11.1 Å². The van der Waals surface area contributed by atoms with Gasteiger partial charge >= 0.3 is 0 Å². The zero-order valence-electron chi connectivity index (χ0n) is 10.4. The van der Waals surface area contributed by atoms with Gasteiger partial charge in [-0.2, -0.15) is 0 Å². The Kier molecular flexibility index (Phi) is 2.09. The summed E-state index contributed by atoms with van der Waals surface area (Å²) in [6.07, 6.45) is 0. The quantitative estimate of drug-likeness (QED) is 0.378. The van der Waals surface area contributed by atoms with Gasteiger partial charge in [-0.3, -0.25) is 19.8 Å². The van der Waals surface area contributed by atoms with Crippen molar-refractivity contribution in [3.8, 4) is 0 Å². The van der Waals surface area contributed by atoms with Crippen LogP contribution in [0.2, 0.25) is 0 Å². The molecule has 0 aliphatic carbocycles. The van der Waals surface area contributed by atoms with Crippen LogP contribution in [0.3, 0.4) is 0 Å². The first-order valence-corrected chi connectivity index (χ1v) is 6.30. The number of aromatic amines is 2. The zero-order chi connectivity index (χ0) is 13.7. The Labute approximate surface area is 112 Å². The largest absolute Gasteiger partial charge is 0.271 e. The monoisotopic (exact) mass is 262 g/mol. The number of nitrogens with one attached hydrogen (secondary N) is 2. The molecule has 4 rings (SSSR count).